The van der Waals surface area contributed by atoms with Crippen LogP contribution >= 0.6 is 15.9 Å². The molecule has 0 aliphatic heterocycles. The van der Waals surface area contributed by atoms with Gasteiger partial charge in [-0.2, -0.15) is 0 Å². The lowest BCUT2D eigenvalue weighted by atomic mass is 9.84. The van der Waals surface area contributed by atoms with Crippen LogP contribution in [0.15, 0.2) is 53.0 Å². The molecule has 0 aromatic heterocycles. The van der Waals surface area contributed by atoms with E-state index in [1.54, 1.807) is 7.11 Å². The molecular weight excluding hydrogens is 354 g/mol. The highest BCUT2D eigenvalue weighted by Crippen LogP contribution is 2.24. The van der Waals surface area contributed by atoms with Crippen LogP contribution in [0.1, 0.15) is 35.3 Å². The number of methoxy groups -OCH3 is 1. The molecule has 2 aromatic rings. The third kappa shape index (κ3) is 4.66. The molecule has 3 nitrogen and oxygen atoms in total. The van der Waals surface area contributed by atoms with Crippen LogP contribution in [-0.4, -0.2) is 19.6 Å². The van der Waals surface area contributed by atoms with Crippen LogP contribution in [0.5, 0.6) is 0 Å². The van der Waals surface area contributed by atoms with Crippen molar-refractivity contribution < 1.29 is 9.53 Å². The predicted molar refractivity (Wildman–Crippen MR) is 96.7 cm³/mol. The summed E-state index contributed by atoms with van der Waals surface area (Å²) >= 11 is 3.45. The molecule has 2 aromatic carbocycles. The first kappa shape index (κ1) is 17.7. The minimum absolute atomic E-state index is 0.0668. The van der Waals surface area contributed by atoms with Crippen molar-refractivity contribution in [3.63, 3.8) is 0 Å². The average molecular weight is 376 g/mol. The fourth-order valence-corrected chi connectivity index (χ4v) is 2.69. The lowest BCUT2D eigenvalue weighted by molar-refractivity contribution is 0.0940. The zero-order valence-electron chi connectivity index (χ0n) is 13.7. The number of rotatable bonds is 6. The van der Waals surface area contributed by atoms with Gasteiger partial charge in [0.15, 0.2) is 0 Å². The van der Waals surface area contributed by atoms with Gasteiger partial charge < -0.3 is 10.1 Å². The van der Waals surface area contributed by atoms with Gasteiger partial charge in [0.1, 0.15) is 0 Å². The highest BCUT2D eigenvalue weighted by atomic mass is 79.9. The molecule has 122 valence electrons. The van der Waals surface area contributed by atoms with Crippen molar-refractivity contribution in [3.8, 4) is 0 Å². The number of carbonyl (C=O) groups is 1. The molecule has 2 rings (SSSR count). The molecule has 0 aliphatic rings. The molecule has 0 aliphatic carbocycles. The lowest BCUT2D eigenvalue weighted by Gasteiger charge is -2.26. The van der Waals surface area contributed by atoms with E-state index in [0.29, 0.717) is 18.7 Å². The average Bonchev–Trinajstić information content (AvgIpc) is 2.54. The van der Waals surface area contributed by atoms with Crippen molar-refractivity contribution in [3.05, 3.63) is 69.7 Å². The summed E-state index contributed by atoms with van der Waals surface area (Å²) in [6, 6.07) is 15.7. The van der Waals surface area contributed by atoms with Gasteiger partial charge in [-0.15, -0.1) is 0 Å². The monoisotopic (exact) mass is 375 g/mol. The third-order valence-electron chi connectivity index (χ3n) is 3.88. The van der Waals surface area contributed by atoms with E-state index in [2.05, 4.69) is 47.2 Å². The molecule has 0 saturated heterocycles. The smallest absolute Gasteiger partial charge is 0.251 e. The Kier molecular flexibility index (Phi) is 5.97. The second-order valence-electron chi connectivity index (χ2n) is 6.16. The maximum Gasteiger partial charge on any atom is 0.251 e. The van der Waals surface area contributed by atoms with Gasteiger partial charge in [0.25, 0.3) is 5.91 Å². The number of benzene rings is 2. The van der Waals surface area contributed by atoms with Crippen molar-refractivity contribution in [2.45, 2.75) is 25.9 Å². The summed E-state index contributed by atoms with van der Waals surface area (Å²) in [7, 11) is 1.63. The Morgan fingerprint density at radius 2 is 1.78 bits per heavy atom. The number of ether oxygens (including phenoxy) is 1. The van der Waals surface area contributed by atoms with Gasteiger partial charge in [0, 0.05) is 29.1 Å². The van der Waals surface area contributed by atoms with E-state index in [-0.39, 0.29) is 11.3 Å². The SMILES string of the molecule is COCc1ccccc1C(=O)NCC(C)(C)c1ccc(Br)cc1. The van der Waals surface area contributed by atoms with E-state index in [1.807, 2.05) is 36.4 Å². The minimum Gasteiger partial charge on any atom is -0.380 e. The number of hydrogen-bond donors (Lipinski definition) is 1. The molecule has 0 bridgehead atoms. The van der Waals surface area contributed by atoms with Gasteiger partial charge in [0.05, 0.1) is 6.61 Å². The van der Waals surface area contributed by atoms with Gasteiger partial charge in [-0.3, -0.25) is 4.79 Å². The largest absolute Gasteiger partial charge is 0.380 e. The van der Waals surface area contributed by atoms with Crippen molar-refractivity contribution >= 4 is 21.8 Å². The Bertz CT molecular complexity index is 665. The number of carbonyl (C=O) groups excluding carboxylic acids is 1. The Morgan fingerprint density at radius 3 is 2.43 bits per heavy atom. The first-order chi connectivity index (χ1) is 10.9. The van der Waals surface area contributed by atoms with Crippen molar-refractivity contribution in [2.75, 3.05) is 13.7 Å². The highest BCUT2D eigenvalue weighted by Gasteiger charge is 2.22. The summed E-state index contributed by atoms with van der Waals surface area (Å²) in [5.41, 5.74) is 2.60. The molecule has 4 heteroatoms. The molecule has 1 N–H and O–H groups in total. The summed E-state index contributed by atoms with van der Waals surface area (Å²) in [5, 5.41) is 3.04. The molecule has 0 spiro atoms. The molecular formula is C19H22BrNO2. The first-order valence-electron chi connectivity index (χ1n) is 7.55. The zero-order chi connectivity index (χ0) is 16.9. The van der Waals surface area contributed by atoms with E-state index < -0.39 is 0 Å². The van der Waals surface area contributed by atoms with Gasteiger partial charge in [-0.05, 0) is 29.3 Å². The van der Waals surface area contributed by atoms with Gasteiger partial charge >= 0.3 is 0 Å². The van der Waals surface area contributed by atoms with Crippen LogP contribution in [0, 0.1) is 0 Å². The second kappa shape index (κ2) is 7.75. The fraction of sp³-hybridized carbons (Fsp3) is 0.316. The van der Waals surface area contributed by atoms with Crippen LogP contribution < -0.4 is 5.32 Å². The van der Waals surface area contributed by atoms with E-state index in [0.717, 1.165) is 10.0 Å². The maximum atomic E-state index is 12.5. The molecule has 0 unspecified atom stereocenters. The molecule has 0 radical (unpaired) electrons. The van der Waals surface area contributed by atoms with Crippen LogP contribution in [0.2, 0.25) is 0 Å². The van der Waals surface area contributed by atoms with E-state index in [9.17, 15) is 4.79 Å². The highest BCUT2D eigenvalue weighted by molar-refractivity contribution is 9.10. The fourth-order valence-electron chi connectivity index (χ4n) is 2.42. The topological polar surface area (TPSA) is 38.3 Å². The van der Waals surface area contributed by atoms with E-state index >= 15 is 0 Å². The summed E-state index contributed by atoms with van der Waals surface area (Å²) in [6.07, 6.45) is 0. The third-order valence-corrected chi connectivity index (χ3v) is 4.41. The van der Waals surface area contributed by atoms with Crippen molar-refractivity contribution in [2.24, 2.45) is 0 Å². The van der Waals surface area contributed by atoms with Gasteiger partial charge in [-0.1, -0.05) is 60.1 Å². The Morgan fingerprint density at radius 1 is 1.13 bits per heavy atom. The minimum atomic E-state index is -0.146. The van der Waals surface area contributed by atoms with Crippen LogP contribution in [-0.2, 0) is 16.8 Å². The van der Waals surface area contributed by atoms with Gasteiger partial charge in [-0.25, -0.2) is 0 Å². The molecule has 0 atom stereocenters. The summed E-state index contributed by atoms with van der Waals surface area (Å²) in [5.74, 6) is -0.0668. The van der Waals surface area contributed by atoms with E-state index in [1.165, 1.54) is 5.56 Å². The second-order valence-corrected chi connectivity index (χ2v) is 7.08. The molecule has 0 fully saturated rings. The predicted octanol–water partition coefficient (Wildman–Crippen LogP) is 4.30. The number of hydrogen-bond acceptors (Lipinski definition) is 2. The number of amides is 1. The molecule has 23 heavy (non-hydrogen) atoms. The van der Waals surface area contributed by atoms with Crippen molar-refractivity contribution in [1.82, 2.24) is 5.32 Å². The zero-order valence-corrected chi connectivity index (χ0v) is 15.3. The Balaban J connectivity index is 2.07. The number of halogens is 1. The summed E-state index contributed by atoms with van der Waals surface area (Å²) in [6.45, 7) is 5.24. The maximum absolute atomic E-state index is 12.5. The number of nitrogens with one attached hydrogen (secondary N) is 1. The standard InChI is InChI=1S/C19H22BrNO2/c1-19(2,15-8-10-16(20)11-9-15)13-21-18(22)17-7-5-4-6-14(17)12-23-3/h4-11H,12-13H2,1-3H3,(H,21,22). The molecule has 0 saturated carbocycles. The Hall–Kier alpha value is -1.65. The first-order valence-corrected chi connectivity index (χ1v) is 8.34. The lowest BCUT2D eigenvalue weighted by Crippen LogP contribution is -2.37. The van der Waals surface area contributed by atoms with Crippen LogP contribution in [0.25, 0.3) is 0 Å². The summed E-state index contributed by atoms with van der Waals surface area (Å²) in [4.78, 5) is 12.5. The summed E-state index contributed by atoms with van der Waals surface area (Å²) < 4.78 is 6.21. The molecule has 1 amide bonds. The van der Waals surface area contributed by atoms with E-state index in [4.69, 9.17) is 4.74 Å². The van der Waals surface area contributed by atoms with Gasteiger partial charge in [0.2, 0.25) is 0 Å². The molecule has 0 heterocycles. The normalized spacial score (nSPS) is 11.3. The quantitative estimate of drug-likeness (QED) is 0.816. The van der Waals surface area contributed by atoms with Crippen LogP contribution in [0.4, 0.5) is 0 Å². The van der Waals surface area contributed by atoms with Crippen molar-refractivity contribution in [1.29, 1.82) is 0 Å². The Labute approximate surface area is 146 Å². The van der Waals surface area contributed by atoms with Crippen LogP contribution in [0.3, 0.4) is 0 Å².